The lowest BCUT2D eigenvalue weighted by molar-refractivity contribution is 0.0935. The SMILES string of the molecule is Cc1ccc(C(C)NC(=O)c2ccc(Br)cn2)cc1. The minimum Gasteiger partial charge on any atom is -0.344 e. The van der Waals surface area contributed by atoms with Crippen molar-refractivity contribution in [3.05, 3.63) is 63.9 Å². The second-order valence-electron chi connectivity index (χ2n) is 4.47. The van der Waals surface area contributed by atoms with Crippen molar-refractivity contribution in [2.75, 3.05) is 0 Å². The molecule has 1 amide bonds. The Kier molecular flexibility index (Phi) is 4.32. The summed E-state index contributed by atoms with van der Waals surface area (Å²) in [5.41, 5.74) is 2.70. The van der Waals surface area contributed by atoms with Crippen LogP contribution in [0.4, 0.5) is 0 Å². The molecule has 0 aliphatic rings. The summed E-state index contributed by atoms with van der Waals surface area (Å²) in [6.45, 7) is 4.00. The van der Waals surface area contributed by atoms with Gasteiger partial charge in [-0.05, 0) is 47.5 Å². The average molecular weight is 319 g/mol. The minimum absolute atomic E-state index is 0.0430. The molecular formula is C15H15BrN2O. The van der Waals surface area contributed by atoms with Crippen LogP contribution in [0.2, 0.25) is 0 Å². The van der Waals surface area contributed by atoms with Gasteiger partial charge in [-0.15, -0.1) is 0 Å². The third-order valence-electron chi connectivity index (χ3n) is 2.88. The van der Waals surface area contributed by atoms with E-state index in [-0.39, 0.29) is 11.9 Å². The zero-order chi connectivity index (χ0) is 13.8. The molecule has 0 aliphatic carbocycles. The van der Waals surface area contributed by atoms with Crippen LogP contribution in [0.25, 0.3) is 0 Å². The van der Waals surface area contributed by atoms with Gasteiger partial charge in [-0.25, -0.2) is 4.98 Å². The van der Waals surface area contributed by atoms with Crippen LogP contribution in [0.15, 0.2) is 47.1 Å². The fourth-order valence-corrected chi connectivity index (χ4v) is 1.95. The van der Waals surface area contributed by atoms with Gasteiger partial charge in [0.05, 0.1) is 6.04 Å². The van der Waals surface area contributed by atoms with Crippen molar-refractivity contribution in [1.29, 1.82) is 0 Å². The van der Waals surface area contributed by atoms with E-state index in [1.165, 1.54) is 5.56 Å². The molecule has 0 bridgehead atoms. The quantitative estimate of drug-likeness (QED) is 0.938. The average Bonchev–Trinajstić information content (AvgIpc) is 2.40. The summed E-state index contributed by atoms with van der Waals surface area (Å²) in [7, 11) is 0. The molecule has 0 saturated heterocycles. The highest BCUT2D eigenvalue weighted by atomic mass is 79.9. The third kappa shape index (κ3) is 3.64. The summed E-state index contributed by atoms with van der Waals surface area (Å²) in [4.78, 5) is 16.1. The van der Waals surface area contributed by atoms with Crippen LogP contribution in [0, 0.1) is 6.92 Å². The fourth-order valence-electron chi connectivity index (χ4n) is 1.72. The number of hydrogen-bond donors (Lipinski definition) is 1. The van der Waals surface area contributed by atoms with Crippen molar-refractivity contribution in [2.24, 2.45) is 0 Å². The second kappa shape index (κ2) is 5.97. The molecule has 98 valence electrons. The molecule has 1 unspecified atom stereocenters. The van der Waals surface area contributed by atoms with E-state index in [9.17, 15) is 4.79 Å². The maximum Gasteiger partial charge on any atom is 0.270 e. The first-order valence-corrected chi connectivity index (χ1v) is 6.84. The van der Waals surface area contributed by atoms with E-state index in [2.05, 4.69) is 26.2 Å². The van der Waals surface area contributed by atoms with Crippen molar-refractivity contribution < 1.29 is 4.79 Å². The number of hydrogen-bond acceptors (Lipinski definition) is 2. The lowest BCUT2D eigenvalue weighted by Gasteiger charge is -2.14. The molecule has 0 spiro atoms. The maximum absolute atomic E-state index is 12.0. The van der Waals surface area contributed by atoms with E-state index < -0.39 is 0 Å². The number of nitrogens with zero attached hydrogens (tertiary/aromatic N) is 1. The van der Waals surface area contributed by atoms with Gasteiger partial charge in [-0.3, -0.25) is 4.79 Å². The predicted molar refractivity (Wildman–Crippen MR) is 79.0 cm³/mol. The summed E-state index contributed by atoms with van der Waals surface area (Å²) >= 11 is 3.29. The molecule has 3 nitrogen and oxygen atoms in total. The van der Waals surface area contributed by atoms with Gasteiger partial charge in [0.15, 0.2) is 0 Å². The minimum atomic E-state index is -0.166. The molecular weight excluding hydrogens is 304 g/mol. The molecule has 19 heavy (non-hydrogen) atoms. The molecule has 2 aromatic rings. The van der Waals surface area contributed by atoms with E-state index in [1.807, 2.05) is 38.1 Å². The Labute approximate surface area is 121 Å². The first kappa shape index (κ1) is 13.7. The van der Waals surface area contributed by atoms with Gasteiger partial charge >= 0.3 is 0 Å². The van der Waals surface area contributed by atoms with Crippen molar-refractivity contribution in [3.8, 4) is 0 Å². The number of nitrogens with one attached hydrogen (secondary N) is 1. The van der Waals surface area contributed by atoms with E-state index in [4.69, 9.17) is 0 Å². The van der Waals surface area contributed by atoms with Gasteiger partial charge in [-0.1, -0.05) is 29.8 Å². The second-order valence-corrected chi connectivity index (χ2v) is 5.38. The Hall–Kier alpha value is -1.68. The molecule has 0 aliphatic heterocycles. The Morgan fingerprint density at radius 3 is 2.47 bits per heavy atom. The van der Waals surface area contributed by atoms with Crippen LogP contribution in [0.3, 0.4) is 0 Å². The number of rotatable bonds is 3. The van der Waals surface area contributed by atoms with Crippen molar-refractivity contribution in [3.63, 3.8) is 0 Å². The summed E-state index contributed by atoms with van der Waals surface area (Å²) < 4.78 is 0.857. The van der Waals surface area contributed by atoms with Gasteiger partial charge in [0.1, 0.15) is 5.69 Å². The van der Waals surface area contributed by atoms with Gasteiger partial charge in [-0.2, -0.15) is 0 Å². The van der Waals surface area contributed by atoms with E-state index in [0.717, 1.165) is 10.0 Å². The van der Waals surface area contributed by atoms with Crippen LogP contribution in [0.5, 0.6) is 0 Å². The van der Waals surface area contributed by atoms with Gasteiger partial charge in [0.25, 0.3) is 5.91 Å². The third-order valence-corrected chi connectivity index (χ3v) is 3.35. The van der Waals surface area contributed by atoms with E-state index >= 15 is 0 Å². The molecule has 0 saturated carbocycles. The topological polar surface area (TPSA) is 42.0 Å². The van der Waals surface area contributed by atoms with Crippen molar-refractivity contribution in [2.45, 2.75) is 19.9 Å². The van der Waals surface area contributed by atoms with E-state index in [0.29, 0.717) is 5.69 Å². The Bertz CT molecular complexity index is 564. The number of carbonyl (C=O) groups excluding carboxylic acids is 1. The van der Waals surface area contributed by atoms with Gasteiger partial charge in [0, 0.05) is 10.7 Å². The summed E-state index contributed by atoms with van der Waals surface area (Å²) in [6.07, 6.45) is 1.62. The first-order valence-electron chi connectivity index (χ1n) is 6.05. The number of aromatic nitrogens is 1. The molecule has 2 rings (SSSR count). The normalized spacial score (nSPS) is 11.9. The van der Waals surface area contributed by atoms with Crippen LogP contribution in [-0.4, -0.2) is 10.9 Å². The zero-order valence-electron chi connectivity index (χ0n) is 10.9. The standard InChI is InChI=1S/C15H15BrN2O/c1-10-3-5-12(6-4-10)11(2)18-15(19)14-8-7-13(16)9-17-14/h3-9,11H,1-2H3,(H,18,19). The van der Waals surface area contributed by atoms with Gasteiger partial charge < -0.3 is 5.32 Å². The maximum atomic E-state index is 12.0. The summed E-state index contributed by atoms with van der Waals surface area (Å²) in [6, 6.07) is 11.6. The summed E-state index contributed by atoms with van der Waals surface area (Å²) in [5, 5.41) is 2.93. The van der Waals surface area contributed by atoms with Crippen LogP contribution >= 0.6 is 15.9 Å². The smallest absolute Gasteiger partial charge is 0.270 e. The van der Waals surface area contributed by atoms with Crippen molar-refractivity contribution >= 4 is 21.8 Å². The Balaban J connectivity index is 2.06. The molecule has 1 heterocycles. The number of benzene rings is 1. The molecule has 1 aromatic heterocycles. The first-order chi connectivity index (χ1) is 9.06. The van der Waals surface area contributed by atoms with Crippen LogP contribution in [-0.2, 0) is 0 Å². The monoisotopic (exact) mass is 318 g/mol. The zero-order valence-corrected chi connectivity index (χ0v) is 12.4. The number of pyridine rings is 1. The molecule has 1 aromatic carbocycles. The highest BCUT2D eigenvalue weighted by Crippen LogP contribution is 2.14. The molecule has 0 fully saturated rings. The number of carbonyl (C=O) groups is 1. The molecule has 1 atom stereocenters. The van der Waals surface area contributed by atoms with Crippen molar-refractivity contribution in [1.82, 2.24) is 10.3 Å². The predicted octanol–water partition coefficient (Wildman–Crippen LogP) is 3.64. The largest absolute Gasteiger partial charge is 0.344 e. The number of halogens is 1. The Morgan fingerprint density at radius 1 is 1.21 bits per heavy atom. The number of amides is 1. The number of aryl methyl sites for hydroxylation is 1. The van der Waals surface area contributed by atoms with Crippen LogP contribution < -0.4 is 5.32 Å². The molecule has 1 N–H and O–H groups in total. The van der Waals surface area contributed by atoms with Gasteiger partial charge in [0.2, 0.25) is 0 Å². The van der Waals surface area contributed by atoms with Crippen LogP contribution in [0.1, 0.15) is 34.6 Å². The lowest BCUT2D eigenvalue weighted by Crippen LogP contribution is -2.27. The Morgan fingerprint density at radius 2 is 1.89 bits per heavy atom. The summed E-state index contributed by atoms with van der Waals surface area (Å²) in [5.74, 6) is -0.166. The lowest BCUT2D eigenvalue weighted by atomic mass is 10.1. The fraction of sp³-hybridized carbons (Fsp3) is 0.200. The highest BCUT2D eigenvalue weighted by molar-refractivity contribution is 9.10. The molecule has 4 heteroatoms. The molecule has 0 radical (unpaired) electrons. The highest BCUT2D eigenvalue weighted by Gasteiger charge is 2.12. The van der Waals surface area contributed by atoms with E-state index in [1.54, 1.807) is 18.3 Å².